The summed E-state index contributed by atoms with van der Waals surface area (Å²) in [5.41, 5.74) is 15.9. The highest BCUT2D eigenvalue weighted by Crippen LogP contribution is 2.61. The summed E-state index contributed by atoms with van der Waals surface area (Å²) in [7, 11) is 2.23. The van der Waals surface area contributed by atoms with Crippen molar-refractivity contribution in [2.75, 3.05) is 11.9 Å². The molecule has 7 aromatic rings. The van der Waals surface area contributed by atoms with Crippen molar-refractivity contribution in [3.63, 3.8) is 0 Å². The third-order valence-electron chi connectivity index (χ3n) is 13.8. The van der Waals surface area contributed by atoms with Crippen molar-refractivity contribution in [3.8, 4) is 16.8 Å². The van der Waals surface area contributed by atoms with E-state index in [4.69, 9.17) is 0 Å². The number of nitrogens with zero attached hydrogens (tertiary/aromatic N) is 3. The lowest BCUT2D eigenvalue weighted by molar-refractivity contribution is 0.412. The van der Waals surface area contributed by atoms with Crippen LogP contribution in [0.3, 0.4) is 0 Å². The lowest BCUT2D eigenvalue weighted by Crippen LogP contribution is -2.46. The topological polar surface area (TPSA) is 11.4 Å². The van der Waals surface area contributed by atoms with Crippen LogP contribution in [-0.2, 0) is 6.42 Å². The van der Waals surface area contributed by atoms with Gasteiger partial charge in [-0.1, -0.05) is 134 Å². The Balaban J connectivity index is 1.07. The molecule has 5 aliphatic rings. The van der Waals surface area contributed by atoms with Crippen LogP contribution in [0.15, 0.2) is 164 Å². The Morgan fingerprint density at radius 3 is 2.38 bits per heavy atom. The van der Waals surface area contributed by atoms with E-state index in [0.717, 1.165) is 12.8 Å². The molecule has 4 heterocycles. The van der Waals surface area contributed by atoms with Crippen LogP contribution in [0.2, 0.25) is 0 Å². The van der Waals surface area contributed by atoms with Gasteiger partial charge in [-0.15, -0.1) is 11.3 Å². The molecule has 3 aliphatic carbocycles. The zero-order valence-corrected chi connectivity index (χ0v) is 34.0. The number of aromatic nitrogens is 1. The number of hydrogen-bond acceptors (Lipinski definition) is 3. The van der Waals surface area contributed by atoms with Crippen molar-refractivity contribution >= 4 is 50.6 Å². The number of anilines is 1. The predicted molar refractivity (Wildman–Crippen MR) is 245 cm³/mol. The first-order chi connectivity index (χ1) is 28.5. The lowest BCUT2D eigenvalue weighted by Gasteiger charge is -2.44. The second kappa shape index (κ2) is 12.7. The molecule has 0 fully saturated rings. The van der Waals surface area contributed by atoms with Crippen LogP contribution >= 0.6 is 11.3 Å². The van der Waals surface area contributed by atoms with E-state index in [1.807, 2.05) is 0 Å². The van der Waals surface area contributed by atoms with Crippen LogP contribution in [0.4, 0.5) is 5.69 Å². The first-order valence-corrected chi connectivity index (χ1v) is 21.7. The monoisotopic (exact) mass is 767 g/mol. The zero-order valence-electron chi connectivity index (χ0n) is 33.1. The maximum Gasteiger partial charge on any atom is 0.0754 e. The van der Waals surface area contributed by atoms with Crippen molar-refractivity contribution in [1.29, 1.82) is 0 Å². The molecular weight excluding hydrogens is 723 g/mol. The van der Waals surface area contributed by atoms with Crippen molar-refractivity contribution in [3.05, 3.63) is 201 Å². The molecule has 0 N–H and O–H groups in total. The number of thiophene rings is 1. The summed E-state index contributed by atoms with van der Waals surface area (Å²) in [6.07, 6.45) is 23.2. The molecular formula is C54H45N3S. The molecule has 0 radical (unpaired) electrons. The van der Waals surface area contributed by atoms with E-state index in [1.54, 1.807) is 4.88 Å². The molecule has 12 rings (SSSR count). The molecule has 4 heteroatoms. The molecule has 5 unspecified atom stereocenters. The highest BCUT2D eigenvalue weighted by molar-refractivity contribution is 7.13. The van der Waals surface area contributed by atoms with Gasteiger partial charge in [-0.25, -0.2) is 0 Å². The number of rotatable bonds is 4. The average Bonchev–Trinajstić information content (AvgIpc) is 3.91. The third kappa shape index (κ3) is 4.85. The summed E-state index contributed by atoms with van der Waals surface area (Å²) in [5, 5.41) is 2.60. The van der Waals surface area contributed by atoms with Gasteiger partial charge in [0.05, 0.1) is 28.7 Å². The van der Waals surface area contributed by atoms with Gasteiger partial charge < -0.3 is 14.4 Å². The molecule has 58 heavy (non-hydrogen) atoms. The molecule has 0 saturated carbocycles. The quantitative estimate of drug-likeness (QED) is 0.177. The van der Waals surface area contributed by atoms with Gasteiger partial charge in [-0.3, -0.25) is 0 Å². The summed E-state index contributed by atoms with van der Waals surface area (Å²) >= 11 is 2.09. The standard InChI is InChI=1S/C54H45N3S/c1-34-30-50-51(39-21-12-11-20-38(34)39)41-26-25-40-43-32-44-42-31-36(46-23-15-22-45(55(46)3)35-16-7-4-8-17-35)24-27-47(42)56(37-18-9-5-10-19-37)48(44)33-49(43)57(52(40)53(41)58-50)54(2)28-13-6-14-29-54/h4-28,31-34,40,45,52H,29-30H2,1-3H3. The average molecular weight is 768 g/mol. The van der Waals surface area contributed by atoms with Gasteiger partial charge in [0.2, 0.25) is 0 Å². The molecule has 0 saturated heterocycles. The molecule has 2 aromatic heterocycles. The Morgan fingerprint density at radius 2 is 1.55 bits per heavy atom. The smallest absolute Gasteiger partial charge is 0.0754 e. The number of para-hydroxylation sites is 1. The third-order valence-corrected chi connectivity index (χ3v) is 15.1. The number of allylic oxidation sites excluding steroid dienone is 4. The molecule has 2 aliphatic heterocycles. The molecule has 5 atom stereocenters. The predicted octanol–water partition coefficient (Wildman–Crippen LogP) is 13.7. The van der Waals surface area contributed by atoms with Crippen LogP contribution in [0.5, 0.6) is 0 Å². The van der Waals surface area contributed by atoms with E-state index in [1.165, 1.54) is 82.7 Å². The van der Waals surface area contributed by atoms with E-state index < -0.39 is 0 Å². The first kappa shape index (κ1) is 34.0. The molecule has 0 bridgehead atoms. The summed E-state index contributed by atoms with van der Waals surface area (Å²) in [6.45, 7) is 4.86. The summed E-state index contributed by atoms with van der Waals surface area (Å²) in [6, 6.07) is 43.6. The van der Waals surface area contributed by atoms with Crippen LogP contribution in [0.1, 0.15) is 81.8 Å². The van der Waals surface area contributed by atoms with E-state index in [9.17, 15) is 0 Å². The van der Waals surface area contributed by atoms with Gasteiger partial charge >= 0.3 is 0 Å². The maximum atomic E-state index is 2.82. The zero-order chi connectivity index (χ0) is 38.7. The normalized spacial score (nSPS) is 23.8. The summed E-state index contributed by atoms with van der Waals surface area (Å²) < 4.78 is 2.50. The van der Waals surface area contributed by atoms with Gasteiger partial charge in [0.15, 0.2) is 0 Å². The fraction of sp³-hybridized carbons (Fsp3) is 0.185. The van der Waals surface area contributed by atoms with Crippen LogP contribution < -0.4 is 4.90 Å². The lowest BCUT2D eigenvalue weighted by atomic mass is 9.79. The number of likely N-dealkylation sites (N-methyl/N-ethyl adjacent to an activating group) is 1. The highest BCUT2D eigenvalue weighted by atomic mass is 32.1. The van der Waals surface area contributed by atoms with Crippen molar-refractivity contribution < 1.29 is 0 Å². The molecule has 282 valence electrons. The Bertz CT molecular complexity index is 2970. The minimum Gasteiger partial charge on any atom is -0.364 e. The minimum absolute atomic E-state index is 0.174. The number of hydrogen-bond donors (Lipinski definition) is 0. The van der Waals surface area contributed by atoms with Crippen LogP contribution in [0.25, 0.3) is 50.4 Å². The van der Waals surface area contributed by atoms with Crippen molar-refractivity contribution in [2.24, 2.45) is 0 Å². The van der Waals surface area contributed by atoms with Crippen molar-refractivity contribution in [2.45, 2.75) is 56.1 Å². The Hall–Kier alpha value is -6.10. The number of benzene rings is 5. The second-order valence-corrected chi connectivity index (χ2v) is 18.3. The van der Waals surface area contributed by atoms with E-state index >= 15 is 0 Å². The van der Waals surface area contributed by atoms with Crippen LogP contribution in [-0.4, -0.2) is 22.1 Å². The van der Waals surface area contributed by atoms with E-state index in [0.29, 0.717) is 5.92 Å². The Kier molecular flexibility index (Phi) is 7.44. The van der Waals surface area contributed by atoms with Gasteiger partial charge in [-0.2, -0.15) is 0 Å². The van der Waals surface area contributed by atoms with E-state index in [-0.39, 0.29) is 23.5 Å². The van der Waals surface area contributed by atoms with Crippen LogP contribution in [0, 0.1) is 0 Å². The largest absolute Gasteiger partial charge is 0.364 e. The molecule has 3 nitrogen and oxygen atoms in total. The van der Waals surface area contributed by atoms with Gasteiger partial charge in [0.1, 0.15) is 0 Å². The first-order valence-electron chi connectivity index (χ1n) is 20.9. The van der Waals surface area contributed by atoms with Crippen molar-refractivity contribution in [1.82, 2.24) is 9.47 Å². The fourth-order valence-electron chi connectivity index (χ4n) is 11.0. The SMILES string of the molecule is CC1Cc2sc3c(c2-c2ccccc21)C=CC1c2cc4c5cc(C6=CC=CC(c7ccccc7)N6C)ccc5n(-c5ccccc5)c4cc2N(C2(C)C=CC=CC2)C31. The molecule has 0 spiro atoms. The summed E-state index contributed by atoms with van der Waals surface area (Å²) in [4.78, 5) is 8.32. The van der Waals surface area contributed by atoms with Gasteiger partial charge in [0, 0.05) is 56.1 Å². The fourth-order valence-corrected chi connectivity index (χ4v) is 12.6. The Labute approximate surface area is 344 Å². The maximum absolute atomic E-state index is 2.82. The molecule has 5 aromatic carbocycles. The Morgan fingerprint density at radius 1 is 0.759 bits per heavy atom. The highest BCUT2D eigenvalue weighted by Gasteiger charge is 2.49. The van der Waals surface area contributed by atoms with Gasteiger partial charge in [-0.05, 0) is 102 Å². The number of fused-ring (bicyclic) bond motifs is 12. The van der Waals surface area contributed by atoms with Gasteiger partial charge in [0.25, 0.3) is 0 Å². The summed E-state index contributed by atoms with van der Waals surface area (Å²) in [5.74, 6) is 0.767. The second-order valence-electron chi connectivity index (χ2n) is 17.2. The van der Waals surface area contributed by atoms with E-state index in [2.05, 4.69) is 217 Å². The minimum atomic E-state index is -0.174. The molecule has 0 amide bonds.